The maximum Gasteiger partial charge on any atom is 0.290 e. The SMILES string of the molecule is CC(C)(C)c1ccc(C(=O)Nc2n[nH]c3c2CN(C(=O)c2ccc(CN4CCOCC4)o2)C3)cc1. The van der Waals surface area contributed by atoms with E-state index >= 15 is 0 Å². The minimum atomic E-state index is -0.233. The predicted octanol–water partition coefficient (Wildman–Crippen LogP) is 3.54. The number of rotatable bonds is 5. The normalized spacial score (nSPS) is 16.4. The quantitative estimate of drug-likeness (QED) is 0.583. The number of nitrogens with one attached hydrogen (secondary N) is 2. The van der Waals surface area contributed by atoms with Crippen LogP contribution < -0.4 is 5.32 Å². The number of anilines is 1. The van der Waals surface area contributed by atoms with Crippen LogP contribution in [-0.4, -0.2) is 58.1 Å². The van der Waals surface area contributed by atoms with Gasteiger partial charge in [-0.3, -0.25) is 19.6 Å². The van der Waals surface area contributed by atoms with Crippen LogP contribution in [0.1, 0.15) is 64.3 Å². The van der Waals surface area contributed by atoms with Gasteiger partial charge in [-0.15, -0.1) is 0 Å². The highest BCUT2D eigenvalue weighted by Crippen LogP contribution is 2.29. The van der Waals surface area contributed by atoms with E-state index in [2.05, 4.69) is 41.2 Å². The van der Waals surface area contributed by atoms with Crippen LogP contribution in [0.4, 0.5) is 5.82 Å². The Kier molecular flexibility index (Phi) is 6.21. The molecule has 35 heavy (non-hydrogen) atoms. The van der Waals surface area contributed by atoms with Gasteiger partial charge in [-0.05, 0) is 35.2 Å². The summed E-state index contributed by atoms with van der Waals surface area (Å²) >= 11 is 0. The van der Waals surface area contributed by atoms with E-state index in [4.69, 9.17) is 9.15 Å². The molecule has 4 heterocycles. The Balaban J connectivity index is 1.21. The number of aromatic nitrogens is 2. The summed E-state index contributed by atoms with van der Waals surface area (Å²) in [5, 5.41) is 10.1. The number of benzene rings is 1. The van der Waals surface area contributed by atoms with Crippen molar-refractivity contribution in [2.45, 2.75) is 45.8 Å². The van der Waals surface area contributed by atoms with Crippen molar-refractivity contribution in [2.24, 2.45) is 0 Å². The molecule has 0 spiro atoms. The number of fused-ring (bicyclic) bond motifs is 1. The third-order valence-electron chi connectivity index (χ3n) is 6.54. The van der Waals surface area contributed by atoms with Crippen molar-refractivity contribution in [2.75, 3.05) is 31.6 Å². The molecule has 5 rings (SSSR count). The van der Waals surface area contributed by atoms with Gasteiger partial charge in [-0.2, -0.15) is 5.10 Å². The topological polar surface area (TPSA) is 104 Å². The van der Waals surface area contributed by atoms with Crippen LogP contribution in [0.5, 0.6) is 0 Å². The Morgan fingerprint density at radius 3 is 2.51 bits per heavy atom. The Labute approximate surface area is 204 Å². The van der Waals surface area contributed by atoms with Gasteiger partial charge in [0.1, 0.15) is 5.76 Å². The number of nitrogens with zero attached hydrogens (tertiary/aromatic N) is 3. The molecule has 2 amide bonds. The van der Waals surface area contributed by atoms with Gasteiger partial charge in [0.25, 0.3) is 11.8 Å². The molecule has 2 N–H and O–H groups in total. The fraction of sp³-hybridized carbons (Fsp3) is 0.423. The monoisotopic (exact) mass is 477 g/mol. The first kappa shape index (κ1) is 23.3. The maximum absolute atomic E-state index is 13.1. The number of carbonyl (C=O) groups excluding carboxylic acids is 2. The second-order valence-electron chi connectivity index (χ2n) is 10.1. The number of amides is 2. The summed E-state index contributed by atoms with van der Waals surface area (Å²) < 4.78 is 11.2. The van der Waals surface area contributed by atoms with Crippen LogP contribution in [0.3, 0.4) is 0 Å². The number of carbonyl (C=O) groups is 2. The number of morpholine rings is 1. The molecule has 1 aromatic carbocycles. The van der Waals surface area contributed by atoms with E-state index in [0.717, 1.165) is 35.7 Å². The molecule has 2 aliphatic rings. The first-order chi connectivity index (χ1) is 16.8. The highest BCUT2D eigenvalue weighted by atomic mass is 16.5. The summed E-state index contributed by atoms with van der Waals surface area (Å²) in [6.45, 7) is 10.9. The van der Waals surface area contributed by atoms with Gasteiger partial charge in [-0.1, -0.05) is 32.9 Å². The van der Waals surface area contributed by atoms with Crippen LogP contribution in [0, 0.1) is 0 Å². The summed E-state index contributed by atoms with van der Waals surface area (Å²) in [4.78, 5) is 29.8. The standard InChI is InChI=1S/C26H31N5O4/c1-26(2,3)18-6-4-17(5-7-18)24(32)27-23-20-15-31(16-21(20)28-29-23)25(33)22-9-8-19(35-22)14-30-10-12-34-13-11-30/h4-9H,10-16H2,1-3H3,(H2,27,28,29,32). The molecule has 2 aromatic heterocycles. The van der Waals surface area contributed by atoms with E-state index in [0.29, 0.717) is 50.0 Å². The van der Waals surface area contributed by atoms with Gasteiger partial charge in [0.2, 0.25) is 0 Å². The van der Waals surface area contributed by atoms with Crippen LogP contribution in [0.15, 0.2) is 40.8 Å². The molecular formula is C26H31N5O4. The van der Waals surface area contributed by atoms with E-state index < -0.39 is 0 Å². The summed E-state index contributed by atoms with van der Waals surface area (Å²) in [6.07, 6.45) is 0. The first-order valence-electron chi connectivity index (χ1n) is 11.9. The van der Waals surface area contributed by atoms with Gasteiger partial charge in [0.05, 0.1) is 38.5 Å². The Bertz CT molecular complexity index is 1220. The lowest BCUT2D eigenvalue weighted by Crippen LogP contribution is -2.35. The zero-order valence-electron chi connectivity index (χ0n) is 20.4. The lowest BCUT2D eigenvalue weighted by atomic mass is 9.87. The van der Waals surface area contributed by atoms with E-state index in [1.54, 1.807) is 11.0 Å². The van der Waals surface area contributed by atoms with E-state index in [1.807, 2.05) is 30.3 Å². The molecule has 0 radical (unpaired) electrons. The minimum Gasteiger partial charge on any atom is -0.455 e. The van der Waals surface area contributed by atoms with Crippen molar-refractivity contribution in [1.29, 1.82) is 0 Å². The van der Waals surface area contributed by atoms with Gasteiger partial charge >= 0.3 is 0 Å². The largest absolute Gasteiger partial charge is 0.455 e. The van der Waals surface area contributed by atoms with E-state index in [-0.39, 0.29) is 17.2 Å². The Morgan fingerprint density at radius 2 is 1.80 bits per heavy atom. The van der Waals surface area contributed by atoms with Crippen molar-refractivity contribution in [3.8, 4) is 0 Å². The second-order valence-corrected chi connectivity index (χ2v) is 10.1. The number of ether oxygens (including phenoxy) is 1. The van der Waals surface area contributed by atoms with Gasteiger partial charge in [0, 0.05) is 24.2 Å². The van der Waals surface area contributed by atoms with Crippen molar-refractivity contribution >= 4 is 17.6 Å². The molecule has 3 aromatic rings. The number of aromatic amines is 1. The zero-order chi connectivity index (χ0) is 24.6. The lowest BCUT2D eigenvalue weighted by molar-refractivity contribution is 0.0310. The Morgan fingerprint density at radius 1 is 1.06 bits per heavy atom. The maximum atomic E-state index is 13.1. The lowest BCUT2D eigenvalue weighted by Gasteiger charge is -2.25. The molecule has 0 aliphatic carbocycles. The fourth-order valence-electron chi connectivity index (χ4n) is 4.40. The van der Waals surface area contributed by atoms with Crippen LogP contribution in [0.25, 0.3) is 0 Å². The average Bonchev–Trinajstić information content (AvgIpc) is 3.56. The van der Waals surface area contributed by atoms with Crippen molar-refractivity contribution in [3.05, 3.63) is 70.3 Å². The number of hydrogen-bond donors (Lipinski definition) is 2. The highest BCUT2D eigenvalue weighted by Gasteiger charge is 2.31. The Hall–Kier alpha value is -3.43. The summed E-state index contributed by atoms with van der Waals surface area (Å²) in [7, 11) is 0. The van der Waals surface area contributed by atoms with Gasteiger partial charge in [-0.25, -0.2) is 0 Å². The second kappa shape index (κ2) is 9.31. The van der Waals surface area contributed by atoms with Crippen molar-refractivity contribution < 1.29 is 18.7 Å². The number of hydrogen-bond acceptors (Lipinski definition) is 6. The molecular weight excluding hydrogens is 446 g/mol. The number of furan rings is 1. The fourth-order valence-corrected chi connectivity index (χ4v) is 4.40. The highest BCUT2D eigenvalue weighted by molar-refractivity contribution is 6.04. The minimum absolute atomic E-state index is 0.0191. The van der Waals surface area contributed by atoms with E-state index in [1.165, 1.54) is 0 Å². The van der Waals surface area contributed by atoms with Crippen LogP contribution in [0.2, 0.25) is 0 Å². The molecule has 1 saturated heterocycles. The molecule has 0 atom stereocenters. The molecule has 0 saturated carbocycles. The summed E-state index contributed by atoms with van der Waals surface area (Å²) in [5.41, 5.74) is 3.37. The molecule has 0 bridgehead atoms. The molecule has 9 nitrogen and oxygen atoms in total. The molecule has 0 unspecified atom stereocenters. The molecule has 9 heteroatoms. The van der Waals surface area contributed by atoms with Crippen molar-refractivity contribution in [3.63, 3.8) is 0 Å². The van der Waals surface area contributed by atoms with E-state index in [9.17, 15) is 9.59 Å². The van der Waals surface area contributed by atoms with Crippen LogP contribution >= 0.6 is 0 Å². The first-order valence-corrected chi connectivity index (χ1v) is 11.9. The van der Waals surface area contributed by atoms with Crippen LogP contribution in [-0.2, 0) is 29.8 Å². The smallest absolute Gasteiger partial charge is 0.290 e. The predicted molar refractivity (Wildman–Crippen MR) is 130 cm³/mol. The molecule has 1 fully saturated rings. The number of H-pyrrole nitrogens is 1. The average molecular weight is 478 g/mol. The van der Waals surface area contributed by atoms with Crippen molar-refractivity contribution in [1.82, 2.24) is 20.0 Å². The molecule has 184 valence electrons. The van der Waals surface area contributed by atoms with Gasteiger partial charge < -0.3 is 19.4 Å². The third kappa shape index (κ3) is 5.01. The molecule has 2 aliphatic heterocycles. The van der Waals surface area contributed by atoms with Gasteiger partial charge in [0.15, 0.2) is 11.6 Å². The zero-order valence-corrected chi connectivity index (χ0v) is 20.4. The summed E-state index contributed by atoms with van der Waals surface area (Å²) in [5.74, 6) is 1.12. The third-order valence-corrected chi connectivity index (χ3v) is 6.54. The summed E-state index contributed by atoms with van der Waals surface area (Å²) in [6, 6.07) is 11.2.